The molecule has 1 aromatic heterocycles. The minimum Gasteiger partial charge on any atom is -0.337 e. The summed E-state index contributed by atoms with van der Waals surface area (Å²) in [5.41, 5.74) is -0.694. The Bertz CT molecular complexity index is 579. The van der Waals surface area contributed by atoms with E-state index >= 15 is 0 Å². The van der Waals surface area contributed by atoms with Crippen LogP contribution in [0.2, 0.25) is 0 Å². The smallest absolute Gasteiger partial charge is 0.325 e. The lowest BCUT2D eigenvalue weighted by Gasteiger charge is -2.19. The number of carbonyl (C=O) groups is 2. The second-order valence-electron chi connectivity index (χ2n) is 6.11. The van der Waals surface area contributed by atoms with Crippen LogP contribution in [-0.2, 0) is 17.8 Å². The zero-order chi connectivity index (χ0) is 15.7. The van der Waals surface area contributed by atoms with Crippen LogP contribution in [0, 0.1) is 0 Å². The van der Waals surface area contributed by atoms with Crippen molar-refractivity contribution in [1.29, 1.82) is 0 Å². The van der Waals surface area contributed by atoms with E-state index in [0.29, 0.717) is 25.1 Å². The van der Waals surface area contributed by atoms with E-state index < -0.39 is 5.54 Å². The summed E-state index contributed by atoms with van der Waals surface area (Å²) in [7, 11) is 1.86. The Morgan fingerprint density at radius 1 is 1.41 bits per heavy atom. The number of nitrogens with zero attached hydrogens (tertiary/aromatic N) is 3. The van der Waals surface area contributed by atoms with Gasteiger partial charge in [-0.15, -0.1) is 0 Å². The van der Waals surface area contributed by atoms with Gasteiger partial charge in [0.15, 0.2) is 5.82 Å². The van der Waals surface area contributed by atoms with E-state index in [4.69, 9.17) is 4.52 Å². The molecule has 0 radical (unpaired) electrons. The van der Waals surface area contributed by atoms with E-state index in [-0.39, 0.29) is 30.4 Å². The molecule has 1 aliphatic carbocycles. The number of hydrogen-bond donors (Lipinski definition) is 2. The van der Waals surface area contributed by atoms with Crippen molar-refractivity contribution in [2.24, 2.45) is 0 Å². The van der Waals surface area contributed by atoms with Crippen molar-refractivity contribution >= 4 is 11.9 Å². The molecular weight excluding hydrogens is 286 g/mol. The van der Waals surface area contributed by atoms with Gasteiger partial charge < -0.3 is 15.2 Å². The first-order valence-electron chi connectivity index (χ1n) is 7.67. The molecule has 0 aromatic carbocycles. The average molecular weight is 307 g/mol. The molecule has 1 aliphatic heterocycles. The van der Waals surface area contributed by atoms with Gasteiger partial charge in [-0.1, -0.05) is 18.0 Å². The largest absolute Gasteiger partial charge is 0.337 e. The lowest BCUT2D eigenvalue weighted by molar-refractivity contribution is -0.131. The van der Waals surface area contributed by atoms with E-state index in [1.54, 1.807) is 0 Å². The molecule has 120 valence electrons. The van der Waals surface area contributed by atoms with Crippen molar-refractivity contribution in [2.75, 3.05) is 7.05 Å². The number of carbonyl (C=O) groups excluding carboxylic acids is 2. The first-order valence-corrected chi connectivity index (χ1v) is 7.67. The maximum absolute atomic E-state index is 12.5. The van der Waals surface area contributed by atoms with Crippen molar-refractivity contribution in [2.45, 2.75) is 57.2 Å². The topological polar surface area (TPSA) is 100 Å². The number of nitrogens with one attached hydrogen (secondary N) is 2. The third-order valence-corrected chi connectivity index (χ3v) is 4.49. The molecule has 8 nitrogen and oxygen atoms in total. The van der Waals surface area contributed by atoms with Crippen LogP contribution in [0.5, 0.6) is 0 Å². The predicted molar refractivity (Wildman–Crippen MR) is 76.8 cm³/mol. The fraction of sp³-hybridized carbons (Fsp3) is 0.714. The highest BCUT2D eigenvalue weighted by Gasteiger charge is 2.52. The predicted octanol–water partition coefficient (Wildman–Crippen LogP) is 0.585. The molecule has 3 amide bonds. The molecule has 1 saturated carbocycles. The number of imide groups is 1. The summed E-state index contributed by atoms with van der Waals surface area (Å²) in [4.78, 5) is 30.0. The standard InChI is InChI=1S/C14H21N5O3/c1-9(15-2)7-10-16-11(22-18-10)8-19-12(20)14(17-13(19)21)5-3-4-6-14/h9,15H,3-8H2,1-2H3,(H,17,21). The van der Waals surface area contributed by atoms with Crippen LogP contribution in [0.4, 0.5) is 4.79 Å². The Morgan fingerprint density at radius 3 is 2.82 bits per heavy atom. The molecule has 1 aromatic rings. The summed E-state index contributed by atoms with van der Waals surface area (Å²) < 4.78 is 5.16. The normalized spacial score (nSPS) is 21.6. The number of amides is 3. The number of urea groups is 1. The van der Waals surface area contributed by atoms with Gasteiger partial charge in [-0.25, -0.2) is 4.79 Å². The van der Waals surface area contributed by atoms with Crippen LogP contribution in [-0.4, -0.2) is 45.6 Å². The van der Waals surface area contributed by atoms with Gasteiger partial charge in [-0.2, -0.15) is 4.98 Å². The Morgan fingerprint density at radius 2 is 2.14 bits per heavy atom. The molecule has 1 atom stereocenters. The zero-order valence-electron chi connectivity index (χ0n) is 12.9. The first kappa shape index (κ1) is 15.0. The molecule has 2 fully saturated rings. The summed E-state index contributed by atoms with van der Waals surface area (Å²) in [5, 5.41) is 9.82. The fourth-order valence-electron chi connectivity index (χ4n) is 3.09. The highest BCUT2D eigenvalue weighted by molar-refractivity contribution is 6.07. The van der Waals surface area contributed by atoms with Gasteiger partial charge in [-0.05, 0) is 26.8 Å². The Labute approximate surface area is 128 Å². The van der Waals surface area contributed by atoms with Gasteiger partial charge in [0.05, 0.1) is 0 Å². The molecule has 22 heavy (non-hydrogen) atoms. The van der Waals surface area contributed by atoms with E-state index in [1.807, 2.05) is 14.0 Å². The maximum Gasteiger partial charge on any atom is 0.325 e. The molecule has 3 rings (SSSR count). The molecule has 2 aliphatic rings. The van der Waals surface area contributed by atoms with Gasteiger partial charge in [0.25, 0.3) is 5.91 Å². The van der Waals surface area contributed by atoms with Crippen LogP contribution in [0.15, 0.2) is 4.52 Å². The Kier molecular flexibility index (Phi) is 3.86. The highest BCUT2D eigenvalue weighted by atomic mass is 16.5. The minimum absolute atomic E-state index is 0.0351. The van der Waals surface area contributed by atoms with E-state index in [1.165, 1.54) is 4.90 Å². The molecule has 8 heteroatoms. The lowest BCUT2D eigenvalue weighted by atomic mass is 9.98. The average Bonchev–Trinajstić information content (AvgIpc) is 3.18. The van der Waals surface area contributed by atoms with Crippen molar-refractivity contribution in [3.05, 3.63) is 11.7 Å². The van der Waals surface area contributed by atoms with Crippen molar-refractivity contribution in [3.8, 4) is 0 Å². The second-order valence-corrected chi connectivity index (χ2v) is 6.11. The van der Waals surface area contributed by atoms with Gasteiger partial charge in [0.2, 0.25) is 5.89 Å². The lowest BCUT2D eigenvalue weighted by Crippen LogP contribution is -2.44. The maximum atomic E-state index is 12.5. The number of likely N-dealkylation sites (N-methyl/N-ethyl adjacent to an activating group) is 1. The summed E-state index contributed by atoms with van der Waals surface area (Å²) in [6.07, 6.45) is 3.98. The third-order valence-electron chi connectivity index (χ3n) is 4.49. The van der Waals surface area contributed by atoms with Gasteiger partial charge >= 0.3 is 6.03 Å². The zero-order valence-corrected chi connectivity index (χ0v) is 12.9. The van der Waals surface area contributed by atoms with Crippen LogP contribution < -0.4 is 10.6 Å². The number of rotatable bonds is 5. The van der Waals surface area contributed by atoms with Crippen LogP contribution >= 0.6 is 0 Å². The van der Waals surface area contributed by atoms with Crippen LogP contribution in [0.25, 0.3) is 0 Å². The molecule has 1 spiro atoms. The third kappa shape index (κ3) is 2.58. The Balaban J connectivity index is 1.68. The molecule has 0 bridgehead atoms. The highest BCUT2D eigenvalue weighted by Crippen LogP contribution is 2.35. The quantitative estimate of drug-likeness (QED) is 0.772. The number of aromatic nitrogens is 2. The van der Waals surface area contributed by atoms with Gasteiger partial charge in [0.1, 0.15) is 12.1 Å². The first-order chi connectivity index (χ1) is 10.5. The molecular formula is C14H21N5O3. The summed E-state index contributed by atoms with van der Waals surface area (Å²) in [5.74, 6) is 0.690. The number of hydrogen-bond acceptors (Lipinski definition) is 6. The monoisotopic (exact) mass is 307 g/mol. The van der Waals surface area contributed by atoms with Crippen LogP contribution in [0.1, 0.15) is 44.3 Å². The van der Waals surface area contributed by atoms with E-state index in [0.717, 1.165) is 12.8 Å². The minimum atomic E-state index is -0.694. The van der Waals surface area contributed by atoms with Crippen LogP contribution in [0.3, 0.4) is 0 Å². The van der Waals surface area contributed by atoms with Crippen molar-refractivity contribution in [1.82, 2.24) is 25.7 Å². The second kappa shape index (κ2) is 5.68. The molecule has 1 unspecified atom stereocenters. The Hall–Kier alpha value is -1.96. The fourth-order valence-corrected chi connectivity index (χ4v) is 3.09. The van der Waals surface area contributed by atoms with Crippen molar-refractivity contribution in [3.63, 3.8) is 0 Å². The van der Waals surface area contributed by atoms with Gasteiger partial charge in [-0.3, -0.25) is 9.69 Å². The molecule has 1 saturated heterocycles. The van der Waals surface area contributed by atoms with Crippen molar-refractivity contribution < 1.29 is 14.1 Å². The summed E-state index contributed by atoms with van der Waals surface area (Å²) >= 11 is 0. The van der Waals surface area contributed by atoms with Gasteiger partial charge in [0, 0.05) is 12.5 Å². The SMILES string of the molecule is CNC(C)Cc1noc(CN2C(=O)NC3(CCCC3)C2=O)n1. The summed E-state index contributed by atoms with van der Waals surface area (Å²) in [6.45, 7) is 2.05. The molecule has 2 N–H and O–H groups in total. The van der Waals surface area contributed by atoms with E-state index in [2.05, 4.69) is 20.8 Å². The molecule has 2 heterocycles. The van der Waals surface area contributed by atoms with E-state index in [9.17, 15) is 9.59 Å². The summed E-state index contributed by atoms with van der Waals surface area (Å²) in [6, 6.07) is -0.140.